The normalized spacial score (nSPS) is 11.9. The fourth-order valence-corrected chi connectivity index (χ4v) is 2.62. The fraction of sp³-hybridized carbons (Fsp3) is 1.00. The number of thiol groups is 1. The van der Waals surface area contributed by atoms with E-state index in [9.17, 15) is 8.42 Å². The SMILES string of the molecule is CCCCCCCCOS(=O)(=O)CCS. The fourth-order valence-electron chi connectivity index (χ4n) is 1.24. The van der Waals surface area contributed by atoms with Crippen molar-refractivity contribution in [3.8, 4) is 0 Å². The second-order valence-electron chi connectivity index (χ2n) is 3.58. The zero-order valence-electron chi connectivity index (χ0n) is 9.44. The van der Waals surface area contributed by atoms with E-state index in [-0.39, 0.29) is 5.75 Å². The molecule has 0 heterocycles. The van der Waals surface area contributed by atoms with Crippen molar-refractivity contribution in [2.24, 2.45) is 0 Å². The van der Waals surface area contributed by atoms with Gasteiger partial charge in [0.15, 0.2) is 0 Å². The van der Waals surface area contributed by atoms with Crippen LogP contribution < -0.4 is 0 Å². The lowest BCUT2D eigenvalue weighted by molar-refractivity contribution is 0.307. The number of rotatable bonds is 10. The van der Waals surface area contributed by atoms with Gasteiger partial charge in [0.1, 0.15) is 0 Å². The Morgan fingerprint density at radius 1 is 1.07 bits per heavy atom. The third kappa shape index (κ3) is 10.5. The van der Waals surface area contributed by atoms with Gasteiger partial charge in [0.05, 0.1) is 12.4 Å². The quantitative estimate of drug-likeness (QED) is 0.370. The summed E-state index contributed by atoms with van der Waals surface area (Å²) in [5.74, 6) is 0.324. The molecule has 3 nitrogen and oxygen atoms in total. The molecule has 0 aromatic heterocycles. The van der Waals surface area contributed by atoms with Crippen molar-refractivity contribution in [3.05, 3.63) is 0 Å². The molecule has 0 aliphatic heterocycles. The molecule has 0 N–H and O–H groups in total. The predicted octanol–water partition coefficient (Wildman–Crippen LogP) is 2.62. The first-order valence-corrected chi connectivity index (χ1v) is 7.81. The van der Waals surface area contributed by atoms with E-state index in [1.165, 1.54) is 25.7 Å². The highest BCUT2D eigenvalue weighted by molar-refractivity contribution is 7.88. The average molecular weight is 254 g/mol. The topological polar surface area (TPSA) is 43.4 Å². The summed E-state index contributed by atoms with van der Waals surface area (Å²) >= 11 is 3.86. The van der Waals surface area contributed by atoms with Crippen LogP contribution in [0.5, 0.6) is 0 Å². The summed E-state index contributed by atoms with van der Waals surface area (Å²) in [5, 5.41) is 0. The molecular formula is C10H22O3S2. The van der Waals surface area contributed by atoms with E-state index in [1.54, 1.807) is 0 Å². The Bertz CT molecular complexity index is 225. The highest BCUT2D eigenvalue weighted by Crippen LogP contribution is 2.06. The maximum absolute atomic E-state index is 11.1. The molecule has 0 saturated carbocycles. The van der Waals surface area contributed by atoms with Crippen molar-refractivity contribution in [1.29, 1.82) is 0 Å². The van der Waals surface area contributed by atoms with Crippen molar-refractivity contribution in [2.45, 2.75) is 45.4 Å². The first-order valence-electron chi connectivity index (χ1n) is 5.60. The maximum Gasteiger partial charge on any atom is 0.268 e. The minimum Gasteiger partial charge on any atom is -0.270 e. The Kier molecular flexibility index (Phi) is 9.65. The second kappa shape index (κ2) is 9.48. The number of unbranched alkanes of at least 4 members (excludes halogenated alkanes) is 5. The van der Waals surface area contributed by atoms with Gasteiger partial charge in [0.25, 0.3) is 10.1 Å². The van der Waals surface area contributed by atoms with Gasteiger partial charge in [0.2, 0.25) is 0 Å². The van der Waals surface area contributed by atoms with Crippen LogP contribution in [0.25, 0.3) is 0 Å². The van der Waals surface area contributed by atoms with Crippen molar-refractivity contribution >= 4 is 22.7 Å². The molecule has 0 bridgehead atoms. The summed E-state index contributed by atoms with van der Waals surface area (Å²) in [6, 6.07) is 0. The molecule has 0 aromatic rings. The molecular weight excluding hydrogens is 232 g/mol. The van der Waals surface area contributed by atoms with E-state index >= 15 is 0 Å². The molecule has 0 aromatic carbocycles. The third-order valence-electron chi connectivity index (χ3n) is 2.10. The number of hydrogen-bond acceptors (Lipinski definition) is 4. The third-order valence-corrected chi connectivity index (χ3v) is 3.86. The lowest BCUT2D eigenvalue weighted by Gasteiger charge is -2.03. The first kappa shape index (κ1) is 15.3. The van der Waals surface area contributed by atoms with E-state index in [1.807, 2.05) is 0 Å². The van der Waals surface area contributed by atoms with Crippen LogP contribution >= 0.6 is 12.6 Å². The van der Waals surface area contributed by atoms with Crippen molar-refractivity contribution < 1.29 is 12.6 Å². The largest absolute Gasteiger partial charge is 0.270 e. The van der Waals surface area contributed by atoms with Crippen LogP contribution in [0.4, 0.5) is 0 Å². The first-order chi connectivity index (χ1) is 7.12. The standard InChI is InChI=1S/C10H22O3S2/c1-2-3-4-5-6-7-8-13-15(11,12)10-9-14/h14H,2-10H2,1H3. The molecule has 0 unspecified atom stereocenters. The summed E-state index contributed by atoms with van der Waals surface area (Å²) in [4.78, 5) is 0. The van der Waals surface area contributed by atoms with Crippen LogP contribution in [0, 0.1) is 0 Å². The van der Waals surface area contributed by atoms with Crippen LogP contribution in [0.15, 0.2) is 0 Å². The van der Waals surface area contributed by atoms with E-state index in [0.717, 1.165) is 12.8 Å². The molecule has 0 saturated heterocycles. The number of hydrogen-bond donors (Lipinski definition) is 1. The molecule has 0 spiro atoms. The Morgan fingerprint density at radius 3 is 2.27 bits per heavy atom. The summed E-state index contributed by atoms with van der Waals surface area (Å²) in [5.41, 5.74) is 0. The van der Waals surface area contributed by atoms with E-state index in [4.69, 9.17) is 4.18 Å². The summed E-state index contributed by atoms with van der Waals surface area (Å²) in [6.07, 6.45) is 6.78. The molecule has 0 aliphatic carbocycles. The molecule has 0 rings (SSSR count). The Labute approximate surface area is 99.1 Å². The summed E-state index contributed by atoms with van der Waals surface area (Å²) < 4.78 is 27.0. The molecule has 0 amide bonds. The molecule has 0 radical (unpaired) electrons. The van der Waals surface area contributed by atoms with Gasteiger partial charge in [0, 0.05) is 5.75 Å². The van der Waals surface area contributed by atoms with Gasteiger partial charge in [-0.15, -0.1) is 0 Å². The van der Waals surface area contributed by atoms with E-state index in [2.05, 4.69) is 19.6 Å². The lowest BCUT2D eigenvalue weighted by Crippen LogP contribution is -2.12. The van der Waals surface area contributed by atoms with Crippen LogP contribution in [0.3, 0.4) is 0 Å². The zero-order chi connectivity index (χ0) is 11.6. The van der Waals surface area contributed by atoms with Crippen molar-refractivity contribution in [2.75, 3.05) is 18.1 Å². The maximum atomic E-state index is 11.1. The Balaban J connectivity index is 3.31. The molecule has 5 heteroatoms. The van der Waals surface area contributed by atoms with E-state index in [0.29, 0.717) is 12.4 Å². The minimum absolute atomic E-state index is 0.00590. The van der Waals surface area contributed by atoms with Gasteiger partial charge < -0.3 is 0 Å². The zero-order valence-corrected chi connectivity index (χ0v) is 11.2. The average Bonchev–Trinajstić information content (AvgIpc) is 2.16. The highest BCUT2D eigenvalue weighted by atomic mass is 32.2. The Hall–Kier alpha value is 0.260. The van der Waals surface area contributed by atoms with Gasteiger partial charge in [-0.1, -0.05) is 39.0 Å². The lowest BCUT2D eigenvalue weighted by atomic mass is 10.1. The molecule has 0 atom stereocenters. The smallest absolute Gasteiger partial charge is 0.268 e. The molecule has 0 fully saturated rings. The van der Waals surface area contributed by atoms with Gasteiger partial charge >= 0.3 is 0 Å². The van der Waals surface area contributed by atoms with Crippen molar-refractivity contribution in [1.82, 2.24) is 0 Å². The van der Waals surface area contributed by atoms with Gasteiger partial charge in [-0.3, -0.25) is 4.18 Å². The van der Waals surface area contributed by atoms with Crippen LogP contribution in [0.1, 0.15) is 45.4 Å². The summed E-state index contributed by atoms with van der Waals surface area (Å²) in [6.45, 7) is 2.50. The Morgan fingerprint density at radius 2 is 1.67 bits per heavy atom. The van der Waals surface area contributed by atoms with Gasteiger partial charge in [-0.25, -0.2) is 0 Å². The molecule has 92 valence electrons. The van der Waals surface area contributed by atoms with Crippen molar-refractivity contribution in [3.63, 3.8) is 0 Å². The van der Waals surface area contributed by atoms with Crippen LogP contribution in [-0.4, -0.2) is 26.5 Å². The molecule has 15 heavy (non-hydrogen) atoms. The summed E-state index contributed by atoms with van der Waals surface area (Å²) in [7, 11) is -3.31. The van der Waals surface area contributed by atoms with Gasteiger partial charge in [-0.2, -0.15) is 21.0 Å². The minimum atomic E-state index is -3.31. The predicted molar refractivity (Wildman–Crippen MR) is 67.0 cm³/mol. The van der Waals surface area contributed by atoms with Crippen LogP contribution in [-0.2, 0) is 14.3 Å². The van der Waals surface area contributed by atoms with Crippen LogP contribution in [0.2, 0.25) is 0 Å². The van der Waals surface area contributed by atoms with E-state index < -0.39 is 10.1 Å². The monoisotopic (exact) mass is 254 g/mol. The van der Waals surface area contributed by atoms with Gasteiger partial charge in [-0.05, 0) is 6.42 Å². The second-order valence-corrected chi connectivity index (χ2v) is 5.78. The molecule has 0 aliphatic rings. The highest BCUT2D eigenvalue weighted by Gasteiger charge is 2.08.